The Balaban J connectivity index is 1.42. The van der Waals surface area contributed by atoms with Crippen molar-refractivity contribution in [2.75, 3.05) is 13.1 Å². The van der Waals surface area contributed by atoms with Gasteiger partial charge in [-0.25, -0.2) is 0 Å². The Morgan fingerprint density at radius 1 is 0.962 bits per heavy atom. The molecule has 0 spiro atoms. The summed E-state index contributed by atoms with van der Waals surface area (Å²) in [5, 5.41) is 13.8. The molecule has 2 N–H and O–H groups in total. The summed E-state index contributed by atoms with van der Waals surface area (Å²) in [5.74, 6) is 1.46. The first-order valence-electron chi connectivity index (χ1n) is 10.1. The van der Waals surface area contributed by atoms with Crippen LogP contribution in [0.25, 0.3) is 0 Å². The molecular weight excluding hydrogens is 318 g/mol. The molecule has 2 aromatic carbocycles. The van der Waals surface area contributed by atoms with E-state index in [-0.39, 0.29) is 0 Å². The van der Waals surface area contributed by atoms with Gasteiger partial charge in [0.15, 0.2) is 0 Å². The molecule has 26 heavy (non-hydrogen) atoms. The molecule has 0 amide bonds. The minimum Gasteiger partial charge on any atom is -0.387 e. The quantitative estimate of drug-likeness (QED) is 0.749. The molecule has 1 fully saturated rings. The van der Waals surface area contributed by atoms with Crippen LogP contribution in [-0.4, -0.2) is 18.2 Å². The molecule has 1 aliphatic carbocycles. The van der Waals surface area contributed by atoms with Gasteiger partial charge in [0, 0.05) is 6.54 Å². The third kappa shape index (κ3) is 4.96. The highest BCUT2D eigenvalue weighted by atomic mass is 16.3. The summed E-state index contributed by atoms with van der Waals surface area (Å²) in [6, 6.07) is 15.1. The fourth-order valence-electron chi connectivity index (χ4n) is 4.14. The van der Waals surface area contributed by atoms with Crippen LogP contribution in [0.4, 0.5) is 0 Å². The Morgan fingerprint density at radius 3 is 2.42 bits per heavy atom. The SMILES string of the molecule is Cc1cccc(C(O)CNCC2CCC(c3ccc(C)c(C)c3)CC2)c1. The van der Waals surface area contributed by atoms with Crippen molar-refractivity contribution >= 4 is 0 Å². The first kappa shape index (κ1) is 19.1. The van der Waals surface area contributed by atoms with Gasteiger partial charge in [-0.2, -0.15) is 0 Å². The number of hydrogen-bond acceptors (Lipinski definition) is 2. The standard InChI is InChI=1S/C24H33NO/c1-17-5-4-6-23(13-17)24(26)16-25-15-20-8-11-21(12-9-20)22-10-7-18(2)19(3)14-22/h4-7,10,13-14,20-21,24-26H,8-9,11-12,15-16H2,1-3H3. The molecule has 0 bridgehead atoms. The van der Waals surface area contributed by atoms with Crippen LogP contribution in [0, 0.1) is 26.7 Å². The van der Waals surface area contributed by atoms with Crippen molar-refractivity contribution in [1.82, 2.24) is 5.32 Å². The molecule has 3 rings (SSSR count). The van der Waals surface area contributed by atoms with Gasteiger partial charge in [0.05, 0.1) is 6.10 Å². The van der Waals surface area contributed by atoms with Gasteiger partial charge in [-0.1, -0.05) is 48.0 Å². The lowest BCUT2D eigenvalue weighted by Crippen LogP contribution is -2.29. The third-order valence-corrected chi connectivity index (χ3v) is 6.05. The highest BCUT2D eigenvalue weighted by Crippen LogP contribution is 2.36. The molecule has 2 heteroatoms. The normalized spacial score (nSPS) is 21.5. The van der Waals surface area contributed by atoms with Crippen LogP contribution < -0.4 is 5.32 Å². The minimum absolute atomic E-state index is 0.415. The van der Waals surface area contributed by atoms with E-state index in [0.717, 1.165) is 23.9 Å². The molecule has 1 atom stereocenters. The van der Waals surface area contributed by atoms with Crippen molar-refractivity contribution in [2.45, 2.75) is 58.5 Å². The fourth-order valence-corrected chi connectivity index (χ4v) is 4.14. The molecule has 1 unspecified atom stereocenters. The Labute approximate surface area is 158 Å². The summed E-state index contributed by atoms with van der Waals surface area (Å²) < 4.78 is 0. The van der Waals surface area contributed by atoms with E-state index in [1.807, 2.05) is 12.1 Å². The first-order valence-corrected chi connectivity index (χ1v) is 10.1. The van der Waals surface area contributed by atoms with Gasteiger partial charge in [-0.05, 0) is 87.1 Å². The van der Waals surface area contributed by atoms with E-state index in [4.69, 9.17) is 0 Å². The number of aliphatic hydroxyl groups is 1. The van der Waals surface area contributed by atoms with E-state index in [1.165, 1.54) is 47.9 Å². The van der Waals surface area contributed by atoms with Crippen molar-refractivity contribution < 1.29 is 5.11 Å². The summed E-state index contributed by atoms with van der Waals surface area (Å²) in [6.45, 7) is 8.13. The lowest BCUT2D eigenvalue weighted by molar-refractivity contribution is 0.170. The van der Waals surface area contributed by atoms with Crippen molar-refractivity contribution in [3.05, 3.63) is 70.3 Å². The number of hydrogen-bond donors (Lipinski definition) is 2. The second-order valence-electron chi connectivity index (χ2n) is 8.15. The average molecular weight is 352 g/mol. The smallest absolute Gasteiger partial charge is 0.0914 e. The maximum absolute atomic E-state index is 10.4. The molecule has 2 nitrogen and oxygen atoms in total. The fraction of sp³-hybridized carbons (Fsp3) is 0.500. The molecule has 0 heterocycles. The maximum Gasteiger partial charge on any atom is 0.0914 e. The summed E-state index contributed by atoms with van der Waals surface area (Å²) in [5.41, 5.74) is 6.53. The number of benzene rings is 2. The number of aliphatic hydroxyl groups excluding tert-OH is 1. The number of rotatable bonds is 6. The Hall–Kier alpha value is -1.64. The Bertz CT molecular complexity index is 716. The van der Waals surface area contributed by atoms with Gasteiger partial charge >= 0.3 is 0 Å². The predicted molar refractivity (Wildman–Crippen MR) is 110 cm³/mol. The first-order chi connectivity index (χ1) is 12.5. The van der Waals surface area contributed by atoms with Crippen molar-refractivity contribution in [3.63, 3.8) is 0 Å². The highest BCUT2D eigenvalue weighted by Gasteiger charge is 2.22. The molecule has 1 aliphatic rings. The highest BCUT2D eigenvalue weighted by molar-refractivity contribution is 5.32. The monoisotopic (exact) mass is 351 g/mol. The van der Waals surface area contributed by atoms with Gasteiger partial charge in [0.25, 0.3) is 0 Å². The second kappa shape index (κ2) is 8.83. The van der Waals surface area contributed by atoms with Crippen LogP contribution in [0.3, 0.4) is 0 Å². The third-order valence-electron chi connectivity index (χ3n) is 6.05. The van der Waals surface area contributed by atoms with Gasteiger partial charge < -0.3 is 10.4 Å². The zero-order valence-corrected chi connectivity index (χ0v) is 16.5. The lowest BCUT2D eigenvalue weighted by atomic mass is 9.78. The number of aryl methyl sites for hydroxylation is 3. The topological polar surface area (TPSA) is 32.3 Å². The predicted octanol–water partition coefficient (Wildman–Crippen LogP) is 5.21. The van der Waals surface area contributed by atoms with Crippen LogP contribution in [0.15, 0.2) is 42.5 Å². The van der Waals surface area contributed by atoms with Crippen LogP contribution in [-0.2, 0) is 0 Å². The molecule has 0 aromatic heterocycles. The summed E-state index contributed by atoms with van der Waals surface area (Å²) in [4.78, 5) is 0. The number of nitrogens with one attached hydrogen (secondary N) is 1. The molecule has 1 saturated carbocycles. The van der Waals surface area contributed by atoms with E-state index in [1.54, 1.807) is 0 Å². The van der Waals surface area contributed by atoms with E-state index >= 15 is 0 Å². The minimum atomic E-state index is -0.415. The molecule has 0 aliphatic heterocycles. The van der Waals surface area contributed by atoms with E-state index in [2.05, 4.69) is 56.4 Å². The summed E-state index contributed by atoms with van der Waals surface area (Å²) in [7, 11) is 0. The van der Waals surface area contributed by atoms with Gasteiger partial charge in [0.1, 0.15) is 0 Å². The molecule has 0 radical (unpaired) electrons. The zero-order chi connectivity index (χ0) is 18.5. The average Bonchev–Trinajstić information content (AvgIpc) is 2.64. The molecule has 140 valence electrons. The van der Waals surface area contributed by atoms with E-state index in [9.17, 15) is 5.11 Å². The van der Waals surface area contributed by atoms with Gasteiger partial charge in [-0.15, -0.1) is 0 Å². The largest absolute Gasteiger partial charge is 0.387 e. The Kier molecular flexibility index (Phi) is 6.50. The summed E-state index contributed by atoms with van der Waals surface area (Å²) in [6.07, 6.45) is 4.72. The molecule has 2 aromatic rings. The molecule has 0 saturated heterocycles. The van der Waals surface area contributed by atoms with Crippen LogP contribution in [0.5, 0.6) is 0 Å². The van der Waals surface area contributed by atoms with Crippen molar-refractivity contribution in [2.24, 2.45) is 5.92 Å². The molecular formula is C24H33NO. The van der Waals surface area contributed by atoms with Crippen molar-refractivity contribution in [3.8, 4) is 0 Å². The van der Waals surface area contributed by atoms with Crippen LogP contribution in [0.2, 0.25) is 0 Å². The summed E-state index contributed by atoms with van der Waals surface area (Å²) >= 11 is 0. The van der Waals surface area contributed by atoms with Crippen LogP contribution >= 0.6 is 0 Å². The van der Waals surface area contributed by atoms with E-state index < -0.39 is 6.10 Å². The lowest BCUT2D eigenvalue weighted by Gasteiger charge is -2.29. The Morgan fingerprint density at radius 2 is 1.73 bits per heavy atom. The maximum atomic E-state index is 10.4. The van der Waals surface area contributed by atoms with Gasteiger partial charge in [0.2, 0.25) is 0 Å². The van der Waals surface area contributed by atoms with Crippen LogP contribution in [0.1, 0.15) is 65.5 Å². The van der Waals surface area contributed by atoms with Crippen molar-refractivity contribution in [1.29, 1.82) is 0 Å². The van der Waals surface area contributed by atoms with Gasteiger partial charge in [-0.3, -0.25) is 0 Å². The van der Waals surface area contributed by atoms with E-state index in [0.29, 0.717) is 6.54 Å². The zero-order valence-electron chi connectivity index (χ0n) is 16.5. The second-order valence-corrected chi connectivity index (χ2v) is 8.15.